The van der Waals surface area contributed by atoms with E-state index in [1.807, 2.05) is 37.4 Å². The first kappa shape index (κ1) is 39.1. The molecule has 3 aromatic carbocycles. The number of aliphatic hydroxyl groups excluding tert-OH is 1. The first-order valence-electron chi connectivity index (χ1n) is 9.10. The smallest absolute Gasteiger partial charge is 1.00 e. The number of nitrogens with zero attached hydrogens (tertiary/aromatic N) is 2. The van der Waals surface area contributed by atoms with E-state index in [0.29, 0.717) is 5.56 Å². The number of carbonyl (C=O) groups is 1. The molecule has 35 heavy (non-hydrogen) atoms. The summed E-state index contributed by atoms with van der Waals surface area (Å²) >= 11 is 0. The maximum absolute atomic E-state index is 10.5. The molecule has 4 rings (SSSR count). The van der Waals surface area contributed by atoms with Crippen molar-refractivity contribution in [3.05, 3.63) is 99.7 Å². The fraction of sp³-hybridized carbons (Fsp3) is 0.130. The van der Waals surface area contributed by atoms with Gasteiger partial charge in [-0.15, -0.1) is 10.1 Å². The molecule has 1 aromatic heterocycles. The molecule has 0 saturated carbocycles. The summed E-state index contributed by atoms with van der Waals surface area (Å²) in [6.45, 7) is 3.75. The van der Waals surface area contributed by atoms with E-state index in [9.17, 15) is 4.79 Å². The van der Waals surface area contributed by atoms with Crippen molar-refractivity contribution in [2.24, 2.45) is 0 Å². The molecule has 0 radical (unpaired) electrons. The summed E-state index contributed by atoms with van der Waals surface area (Å²) in [5.41, 5.74) is 3.35. The molecule has 0 amide bonds. The number of aromatic carboxylic acids is 1. The molecule has 0 aliphatic heterocycles. The SMILES string of the molecule is CO.Cc1ccc(C(=O)O)c(C)c1.N.N.O=[N+]([O-])O.[Cl-].[Pt+4].c1ccc2c(c1)cnc1ccccc12. The summed E-state index contributed by atoms with van der Waals surface area (Å²) in [4.78, 5) is 23.3. The van der Waals surface area contributed by atoms with Gasteiger partial charge in [0.2, 0.25) is 0 Å². The molecule has 0 unspecified atom stereocenters. The first-order valence-corrected chi connectivity index (χ1v) is 9.10. The number of rotatable bonds is 1. The van der Waals surface area contributed by atoms with Gasteiger partial charge in [0.25, 0.3) is 5.09 Å². The second kappa shape index (κ2) is 20.3. The van der Waals surface area contributed by atoms with Crippen molar-refractivity contribution in [1.29, 1.82) is 0 Å². The van der Waals surface area contributed by atoms with Crippen LogP contribution in [0.5, 0.6) is 0 Å². The molecule has 0 aliphatic rings. The quantitative estimate of drug-likeness (QED) is 0.113. The van der Waals surface area contributed by atoms with E-state index in [1.54, 1.807) is 19.1 Å². The molecule has 0 bridgehead atoms. The summed E-state index contributed by atoms with van der Waals surface area (Å²) in [5, 5.41) is 33.0. The monoisotopic (exact) mass is 688 g/mol. The van der Waals surface area contributed by atoms with E-state index in [2.05, 4.69) is 35.3 Å². The van der Waals surface area contributed by atoms with Crippen molar-refractivity contribution >= 4 is 27.6 Å². The van der Waals surface area contributed by atoms with E-state index in [-0.39, 0.29) is 45.8 Å². The third kappa shape index (κ3) is 12.8. The van der Waals surface area contributed by atoms with Gasteiger partial charge in [0.05, 0.1) is 11.1 Å². The van der Waals surface area contributed by atoms with Crippen LogP contribution in [0.2, 0.25) is 0 Å². The Labute approximate surface area is 224 Å². The fourth-order valence-electron chi connectivity index (χ4n) is 2.86. The Kier molecular flexibility index (Phi) is 22.6. The molecule has 4 aromatic rings. The van der Waals surface area contributed by atoms with Crippen molar-refractivity contribution in [3.8, 4) is 0 Å². The van der Waals surface area contributed by atoms with Gasteiger partial charge in [-0.05, 0) is 36.9 Å². The Morgan fingerprint density at radius 1 is 0.914 bits per heavy atom. The fourth-order valence-corrected chi connectivity index (χ4v) is 2.86. The molecule has 0 fully saturated rings. The zero-order chi connectivity index (χ0) is 23.4. The van der Waals surface area contributed by atoms with Gasteiger partial charge in [-0.1, -0.05) is 60.2 Å². The van der Waals surface area contributed by atoms with Gasteiger partial charge in [0, 0.05) is 24.1 Å². The Morgan fingerprint density at radius 3 is 1.91 bits per heavy atom. The van der Waals surface area contributed by atoms with E-state index >= 15 is 0 Å². The molecule has 192 valence electrons. The third-order valence-electron chi connectivity index (χ3n) is 4.11. The predicted molar refractivity (Wildman–Crippen MR) is 129 cm³/mol. The number of aryl methyl sites for hydroxylation is 2. The van der Waals surface area contributed by atoms with Crippen LogP contribution >= 0.6 is 0 Å². The predicted octanol–water partition coefficient (Wildman–Crippen LogP) is 1.98. The van der Waals surface area contributed by atoms with Gasteiger partial charge >= 0.3 is 27.0 Å². The van der Waals surface area contributed by atoms with Gasteiger partial charge in [-0.2, -0.15) is 0 Å². The van der Waals surface area contributed by atoms with Crippen LogP contribution in [0.15, 0.2) is 72.9 Å². The largest absolute Gasteiger partial charge is 4.00 e. The van der Waals surface area contributed by atoms with E-state index in [1.165, 1.54) is 16.2 Å². The first-order chi connectivity index (χ1) is 14.8. The van der Waals surface area contributed by atoms with Gasteiger partial charge < -0.3 is 40.1 Å². The van der Waals surface area contributed by atoms with Crippen LogP contribution in [0.25, 0.3) is 21.7 Å². The molecular formula is C23H30ClN4O6Pt+3. The summed E-state index contributed by atoms with van der Waals surface area (Å²) in [6, 6.07) is 21.9. The Balaban J connectivity index is -0.000000209. The van der Waals surface area contributed by atoms with Crippen LogP contribution in [0.3, 0.4) is 0 Å². The van der Waals surface area contributed by atoms with Crippen LogP contribution in [0, 0.1) is 24.0 Å². The molecule has 0 atom stereocenters. The number of para-hydroxylation sites is 1. The second-order valence-electron chi connectivity index (χ2n) is 6.22. The summed E-state index contributed by atoms with van der Waals surface area (Å²) < 4.78 is 0. The topological polar surface area (TPSA) is 204 Å². The number of hydrogen-bond acceptors (Lipinski definition) is 7. The third-order valence-corrected chi connectivity index (χ3v) is 4.11. The molecule has 1 heterocycles. The zero-order valence-corrected chi connectivity index (χ0v) is 22.5. The minimum Gasteiger partial charge on any atom is -1.00 e. The van der Waals surface area contributed by atoms with Crippen molar-refractivity contribution in [2.75, 3.05) is 7.11 Å². The number of pyridine rings is 1. The number of aliphatic hydroxyl groups is 1. The van der Waals surface area contributed by atoms with Crippen LogP contribution in [-0.4, -0.2) is 38.6 Å². The van der Waals surface area contributed by atoms with E-state index < -0.39 is 11.1 Å². The standard InChI is InChI=1S/C13H9N.C9H10O2.CH4O.ClH.HNO3.2H3N.Pt/c1-2-6-11-10(5-1)9-14-13-8-4-3-7-12(11)13;1-6-3-4-8(9(10)11)7(2)5-6;1-2;;2-1(3)4;;;/h1-9H;3-5H,1-2H3,(H,10,11);2H,1H3;1H;(H,2,3,4);2*1H3;/q;;;;;;;+4/p-1. The minimum atomic E-state index is -1.50. The summed E-state index contributed by atoms with van der Waals surface area (Å²) in [7, 11) is 1.00. The van der Waals surface area contributed by atoms with Gasteiger partial charge in [0.1, 0.15) is 0 Å². The maximum atomic E-state index is 10.5. The number of carboxylic acids is 1. The molecule has 0 aliphatic carbocycles. The maximum Gasteiger partial charge on any atom is 4.00 e. The van der Waals surface area contributed by atoms with Gasteiger partial charge in [-0.3, -0.25) is 4.98 Å². The number of hydrogen-bond donors (Lipinski definition) is 5. The van der Waals surface area contributed by atoms with E-state index in [4.69, 9.17) is 25.5 Å². The Bertz CT molecular complexity index is 1120. The van der Waals surface area contributed by atoms with Crippen molar-refractivity contribution in [3.63, 3.8) is 0 Å². The van der Waals surface area contributed by atoms with Gasteiger partial charge in [0.15, 0.2) is 0 Å². The molecule has 9 N–H and O–H groups in total. The van der Waals surface area contributed by atoms with Crippen molar-refractivity contribution in [2.45, 2.75) is 13.8 Å². The average Bonchev–Trinajstić information content (AvgIpc) is 2.75. The number of carboxylic acid groups (broad SMARTS) is 1. The second-order valence-corrected chi connectivity index (χ2v) is 6.22. The molecule has 10 nitrogen and oxygen atoms in total. The number of halogens is 1. The molecule has 12 heteroatoms. The van der Waals surface area contributed by atoms with Crippen molar-refractivity contribution in [1.82, 2.24) is 17.3 Å². The Morgan fingerprint density at radius 2 is 1.40 bits per heavy atom. The number of aromatic nitrogens is 1. The van der Waals surface area contributed by atoms with Crippen LogP contribution in [-0.2, 0) is 21.1 Å². The summed E-state index contributed by atoms with van der Waals surface area (Å²) in [5.74, 6) is -0.859. The molecular weight excluding hydrogens is 659 g/mol. The van der Waals surface area contributed by atoms with Gasteiger partial charge in [-0.25, -0.2) is 4.79 Å². The minimum absolute atomic E-state index is 0. The normalized spacial score (nSPS) is 8.23. The van der Waals surface area contributed by atoms with Crippen LogP contribution < -0.4 is 24.7 Å². The van der Waals surface area contributed by atoms with Crippen LogP contribution in [0.4, 0.5) is 0 Å². The number of fused-ring (bicyclic) bond motifs is 3. The van der Waals surface area contributed by atoms with Crippen LogP contribution in [0.1, 0.15) is 21.5 Å². The molecule has 0 saturated heterocycles. The zero-order valence-electron chi connectivity index (χ0n) is 19.5. The average molecular weight is 689 g/mol. The van der Waals surface area contributed by atoms with E-state index in [0.717, 1.165) is 23.8 Å². The Hall–Kier alpha value is -3.14. The number of benzene rings is 3. The molecule has 0 spiro atoms. The van der Waals surface area contributed by atoms with Crippen molar-refractivity contribution < 1.29 is 58.8 Å². The summed E-state index contributed by atoms with van der Waals surface area (Å²) in [6.07, 6.45) is 1.93.